The first-order valence-corrected chi connectivity index (χ1v) is 7.74. The summed E-state index contributed by atoms with van der Waals surface area (Å²) in [6, 6.07) is 8.08. The van der Waals surface area contributed by atoms with Gasteiger partial charge in [0.2, 0.25) is 5.88 Å². The van der Waals surface area contributed by atoms with E-state index < -0.39 is 0 Å². The molecule has 0 fully saturated rings. The highest BCUT2D eigenvalue weighted by atomic mass is 79.9. The van der Waals surface area contributed by atoms with Gasteiger partial charge in [-0.05, 0) is 46.0 Å². The van der Waals surface area contributed by atoms with Gasteiger partial charge in [-0.2, -0.15) is 0 Å². The standard InChI is InChI=1S/C16H20BrN3O/c1-5-18-14-13(17)15(20-10-19-14)21-12-8-6-11(7-9-12)16(2,3)4/h6-10H,5H2,1-4H3,(H,18,19,20). The summed E-state index contributed by atoms with van der Waals surface area (Å²) in [5.41, 5.74) is 1.40. The van der Waals surface area contributed by atoms with Crippen molar-refractivity contribution in [3.05, 3.63) is 40.6 Å². The summed E-state index contributed by atoms with van der Waals surface area (Å²) < 4.78 is 6.55. The van der Waals surface area contributed by atoms with E-state index in [1.54, 1.807) is 0 Å². The maximum Gasteiger partial charge on any atom is 0.238 e. The topological polar surface area (TPSA) is 47.0 Å². The molecular formula is C16H20BrN3O. The Kier molecular flexibility index (Phi) is 4.83. The van der Waals surface area contributed by atoms with Gasteiger partial charge < -0.3 is 10.1 Å². The van der Waals surface area contributed by atoms with Crippen molar-refractivity contribution in [3.8, 4) is 11.6 Å². The lowest BCUT2D eigenvalue weighted by Crippen LogP contribution is -2.10. The van der Waals surface area contributed by atoms with Crippen LogP contribution in [0.4, 0.5) is 5.82 Å². The maximum absolute atomic E-state index is 5.83. The molecule has 0 spiro atoms. The number of rotatable bonds is 4. The van der Waals surface area contributed by atoms with Crippen LogP contribution in [-0.2, 0) is 5.41 Å². The molecule has 0 unspecified atom stereocenters. The van der Waals surface area contributed by atoms with E-state index in [0.717, 1.165) is 22.6 Å². The van der Waals surface area contributed by atoms with Crippen LogP contribution in [0.2, 0.25) is 0 Å². The molecule has 1 N–H and O–H groups in total. The largest absolute Gasteiger partial charge is 0.438 e. The predicted molar refractivity (Wildman–Crippen MR) is 89.1 cm³/mol. The van der Waals surface area contributed by atoms with Gasteiger partial charge >= 0.3 is 0 Å². The van der Waals surface area contributed by atoms with Gasteiger partial charge in [0.25, 0.3) is 0 Å². The van der Waals surface area contributed by atoms with Crippen molar-refractivity contribution >= 4 is 21.7 Å². The Labute approximate surface area is 134 Å². The number of aromatic nitrogens is 2. The van der Waals surface area contributed by atoms with Gasteiger partial charge in [0.15, 0.2) is 0 Å². The van der Waals surface area contributed by atoms with Crippen molar-refractivity contribution < 1.29 is 4.74 Å². The highest BCUT2D eigenvalue weighted by Gasteiger charge is 2.14. The van der Waals surface area contributed by atoms with Crippen molar-refractivity contribution in [2.75, 3.05) is 11.9 Å². The Hall–Kier alpha value is -1.62. The summed E-state index contributed by atoms with van der Waals surface area (Å²) in [6.45, 7) is 9.36. The van der Waals surface area contributed by atoms with Crippen LogP contribution in [0.15, 0.2) is 35.1 Å². The lowest BCUT2D eigenvalue weighted by atomic mass is 9.87. The van der Waals surface area contributed by atoms with Crippen molar-refractivity contribution in [1.29, 1.82) is 0 Å². The van der Waals surface area contributed by atoms with Crippen LogP contribution >= 0.6 is 15.9 Å². The second-order valence-corrected chi connectivity index (χ2v) is 6.54. The normalized spacial score (nSPS) is 11.3. The Morgan fingerprint density at radius 2 is 1.81 bits per heavy atom. The zero-order valence-electron chi connectivity index (χ0n) is 12.8. The smallest absolute Gasteiger partial charge is 0.238 e. The second-order valence-electron chi connectivity index (χ2n) is 5.75. The molecule has 0 amide bonds. The molecule has 0 saturated heterocycles. The summed E-state index contributed by atoms with van der Waals surface area (Å²) in [7, 11) is 0. The number of nitrogens with one attached hydrogen (secondary N) is 1. The van der Waals surface area contributed by atoms with Gasteiger partial charge in [-0.1, -0.05) is 32.9 Å². The Bertz CT molecular complexity index is 606. The molecule has 0 aliphatic heterocycles. The van der Waals surface area contributed by atoms with Gasteiger partial charge in [0, 0.05) is 6.54 Å². The number of anilines is 1. The molecule has 4 nitrogen and oxygen atoms in total. The fourth-order valence-corrected chi connectivity index (χ4v) is 2.28. The van der Waals surface area contributed by atoms with Crippen molar-refractivity contribution in [2.24, 2.45) is 0 Å². The average Bonchev–Trinajstić information content (AvgIpc) is 2.43. The average molecular weight is 350 g/mol. The third-order valence-electron chi connectivity index (χ3n) is 3.04. The summed E-state index contributed by atoms with van der Waals surface area (Å²) in [4.78, 5) is 8.34. The molecule has 1 heterocycles. The predicted octanol–water partition coefficient (Wildman–Crippen LogP) is 4.76. The van der Waals surface area contributed by atoms with Crippen molar-refractivity contribution in [2.45, 2.75) is 33.1 Å². The highest BCUT2D eigenvalue weighted by molar-refractivity contribution is 9.10. The van der Waals surface area contributed by atoms with Crippen LogP contribution in [0.3, 0.4) is 0 Å². The molecule has 2 aromatic rings. The summed E-state index contributed by atoms with van der Waals surface area (Å²) in [5, 5.41) is 3.15. The molecule has 0 aliphatic carbocycles. The zero-order valence-corrected chi connectivity index (χ0v) is 14.4. The van der Waals surface area contributed by atoms with Gasteiger partial charge in [-0.3, -0.25) is 0 Å². The monoisotopic (exact) mass is 349 g/mol. The minimum absolute atomic E-state index is 0.131. The lowest BCUT2D eigenvalue weighted by molar-refractivity contribution is 0.457. The van der Waals surface area contributed by atoms with Crippen molar-refractivity contribution in [3.63, 3.8) is 0 Å². The van der Waals surface area contributed by atoms with E-state index in [0.29, 0.717) is 5.88 Å². The van der Waals surface area contributed by atoms with Crippen LogP contribution in [0.5, 0.6) is 11.6 Å². The van der Waals surface area contributed by atoms with E-state index in [1.165, 1.54) is 11.9 Å². The van der Waals surface area contributed by atoms with Gasteiger partial charge in [-0.25, -0.2) is 9.97 Å². The zero-order chi connectivity index (χ0) is 15.5. The molecule has 1 aromatic heterocycles. The van der Waals surface area contributed by atoms with Crippen LogP contribution in [0.25, 0.3) is 0 Å². The minimum atomic E-state index is 0.131. The quantitative estimate of drug-likeness (QED) is 0.864. The molecule has 5 heteroatoms. The summed E-state index contributed by atoms with van der Waals surface area (Å²) in [6.07, 6.45) is 1.49. The summed E-state index contributed by atoms with van der Waals surface area (Å²) >= 11 is 3.47. The molecule has 1 aromatic carbocycles. The van der Waals surface area contributed by atoms with E-state index in [-0.39, 0.29) is 5.41 Å². The van der Waals surface area contributed by atoms with E-state index in [9.17, 15) is 0 Å². The number of benzene rings is 1. The molecule has 0 bridgehead atoms. The highest BCUT2D eigenvalue weighted by Crippen LogP contribution is 2.32. The number of hydrogen-bond acceptors (Lipinski definition) is 4. The second kappa shape index (κ2) is 6.43. The molecule has 0 radical (unpaired) electrons. The third-order valence-corrected chi connectivity index (χ3v) is 3.75. The minimum Gasteiger partial charge on any atom is -0.438 e. The summed E-state index contributed by atoms with van der Waals surface area (Å²) in [5.74, 6) is 1.99. The van der Waals surface area contributed by atoms with E-state index in [4.69, 9.17) is 4.74 Å². The Morgan fingerprint density at radius 1 is 1.14 bits per heavy atom. The SMILES string of the molecule is CCNc1ncnc(Oc2ccc(C(C)(C)C)cc2)c1Br. The molecule has 2 rings (SSSR count). The number of halogens is 1. The van der Waals surface area contributed by atoms with E-state index in [1.807, 2.05) is 19.1 Å². The van der Waals surface area contributed by atoms with E-state index in [2.05, 4.69) is 64.1 Å². The van der Waals surface area contributed by atoms with E-state index >= 15 is 0 Å². The lowest BCUT2D eigenvalue weighted by Gasteiger charge is -2.19. The molecule has 0 saturated carbocycles. The maximum atomic E-state index is 5.83. The third kappa shape index (κ3) is 3.94. The Morgan fingerprint density at radius 3 is 2.38 bits per heavy atom. The van der Waals surface area contributed by atoms with Gasteiger partial charge in [0.05, 0.1) is 0 Å². The van der Waals surface area contributed by atoms with Crippen LogP contribution in [-0.4, -0.2) is 16.5 Å². The first-order valence-electron chi connectivity index (χ1n) is 6.94. The van der Waals surface area contributed by atoms with Gasteiger partial charge in [-0.15, -0.1) is 0 Å². The fourth-order valence-electron chi connectivity index (χ4n) is 1.85. The van der Waals surface area contributed by atoms with Crippen LogP contribution in [0, 0.1) is 0 Å². The van der Waals surface area contributed by atoms with Crippen LogP contribution in [0.1, 0.15) is 33.3 Å². The first kappa shape index (κ1) is 15.8. The molecule has 0 atom stereocenters. The molecule has 112 valence electrons. The Balaban J connectivity index is 2.20. The number of nitrogens with zero attached hydrogens (tertiary/aromatic N) is 2. The fraction of sp³-hybridized carbons (Fsp3) is 0.375. The first-order chi connectivity index (χ1) is 9.91. The van der Waals surface area contributed by atoms with Gasteiger partial charge in [0.1, 0.15) is 22.4 Å². The van der Waals surface area contributed by atoms with Crippen LogP contribution < -0.4 is 10.1 Å². The number of ether oxygens (including phenoxy) is 1. The van der Waals surface area contributed by atoms with Crippen molar-refractivity contribution in [1.82, 2.24) is 9.97 Å². The molecule has 21 heavy (non-hydrogen) atoms. The molecular weight excluding hydrogens is 330 g/mol. The molecule has 0 aliphatic rings. The number of hydrogen-bond donors (Lipinski definition) is 1.